The second kappa shape index (κ2) is 5.99. The van der Waals surface area contributed by atoms with E-state index in [0.29, 0.717) is 11.1 Å². The van der Waals surface area contributed by atoms with Crippen molar-refractivity contribution in [2.45, 2.75) is 91.5 Å². The van der Waals surface area contributed by atoms with E-state index in [9.17, 15) is 0 Å². The number of halogens is 1. The van der Waals surface area contributed by atoms with Gasteiger partial charge in [0.1, 0.15) is 8.07 Å². The highest BCUT2D eigenvalue weighted by Gasteiger charge is 2.61. The molecule has 1 fully saturated rings. The van der Waals surface area contributed by atoms with E-state index >= 15 is 0 Å². The van der Waals surface area contributed by atoms with Gasteiger partial charge in [-0.3, -0.25) is 0 Å². The fraction of sp³-hybridized carbons (Fsp3) is 0.778. The van der Waals surface area contributed by atoms with E-state index in [2.05, 4.69) is 91.8 Å². The molecule has 0 amide bonds. The summed E-state index contributed by atoms with van der Waals surface area (Å²) >= 11 is 2.63. The third kappa shape index (κ3) is 2.65. The maximum atomic E-state index is 6.50. The van der Waals surface area contributed by atoms with Gasteiger partial charge in [-0.1, -0.05) is 55.9 Å². The van der Waals surface area contributed by atoms with Crippen LogP contribution in [0.1, 0.15) is 69.2 Å². The van der Waals surface area contributed by atoms with Crippen LogP contribution >= 0.6 is 22.6 Å². The lowest BCUT2D eigenvalue weighted by Gasteiger charge is -2.40. The zero-order chi connectivity index (χ0) is 18.0. The molecule has 0 aromatic carbocycles. The zero-order valence-corrected chi connectivity index (χ0v) is 19.6. The summed E-state index contributed by atoms with van der Waals surface area (Å²) in [6.45, 7) is 22.7. The highest BCUT2D eigenvalue weighted by atomic mass is 127. The molecule has 1 saturated heterocycles. The maximum Gasteiger partial charge on any atom is 0.487 e. The first-order valence-corrected chi connectivity index (χ1v) is 12.0. The van der Waals surface area contributed by atoms with Gasteiger partial charge in [0, 0.05) is 0 Å². The molecule has 0 saturated carbocycles. The van der Waals surface area contributed by atoms with Crippen LogP contribution in [0.2, 0.25) is 11.1 Å². The Hall–Kier alpha value is 0.412. The van der Waals surface area contributed by atoms with Crippen LogP contribution in [0.4, 0.5) is 0 Å². The largest absolute Gasteiger partial charge is 0.487 e. The minimum absolute atomic E-state index is 0.196. The molecule has 0 spiro atoms. The van der Waals surface area contributed by atoms with E-state index < -0.39 is 8.07 Å². The summed E-state index contributed by atoms with van der Waals surface area (Å²) in [5.74, 6) is 0. The monoisotopic (exact) mass is 446 g/mol. The molecular weight excluding hydrogens is 414 g/mol. The van der Waals surface area contributed by atoms with E-state index in [1.54, 1.807) is 3.20 Å². The Morgan fingerprint density at radius 2 is 1.26 bits per heavy atom. The molecule has 0 aliphatic carbocycles. The lowest BCUT2D eigenvalue weighted by atomic mass is 9.85. The van der Waals surface area contributed by atoms with E-state index in [0.717, 1.165) is 0 Å². The number of rotatable bonds is 3. The zero-order valence-electron chi connectivity index (χ0n) is 16.4. The third-order valence-electron chi connectivity index (χ3n) is 6.41. The van der Waals surface area contributed by atoms with Gasteiger partial charge >= 0.3 is 7.12 Å². The standard InChI is InChI=1S/C18H32BIO2Si/c1-11(2)23(12(3)4)15(13(5)14(6)16(23)20)19-21-17(7,8)18(9,10)22-19/h11-12H,1-10H3. The molecule has 130 valence electrons. The SMILES string of the molecule is CC1=C(I)[Si](C(C)C)(C(C)C)C(B2OC(C)(C)C(C)(C)O2)=C1C. The van der Waals surface area contributed by atoms with Gasteiger partial charge in [-0.25, -0.2) is 0 Å². The van der Waals surface area contributed by atoms with Crippen LogP contribution in [-0.4, -0.2) is 26.4 Å². The van der Waals surface area contributed by atoms with Gasteiger partial charge in [-0.2, -0.15) is 0 Å². The molecule has 2 aliphatic rings. The third-order valence-corrected chi connectivity index (χ3v) is 16.1. The van der Waals surface area contributed by atoms with Crippen molar-refractivity contribution in [1.29, 1.82) is 0 Å². The van der Waals surface area contributed by atoms with E-state index in [4.69, 9.17) is 9.31 Å². The van der Waals surface area contributed by atoms with Crippen molar-refractivity contribution in [3.05, 3.63) is 19.4 Å². The molecular formula is C18H32BIO2Si. The summed E-state index contributed by atoms with van der Waals surface area (Å²) in [7, 11) is -2.04. The van der Waals surface area contributed by atoms with Crippen molar-refractivity contribution in [3.63, 3.8) is 0 Å². The van der Waals surface area contributed by atoms with Crippen molar-refractivity contribution < 1.29 is 9.31 Å². The summed E-state index contributed by atoms with van der Waals surface area (Å²) in [4.78, 5) is 0. The predicted molar refractivity (Wildman–Crippen MR) is 111 cm³/mol. The van der Waals surface area contributed by atoms with Gasteiger partial charge in [0.2, 0.25) is 0 Å². The number of allylic oxidation sites excluding steroid dienone is 2. The minimum Gasteiger partial charge on any atom is -0.400 e. The molecule has 0 atom stereocenters. The number of hydrogen-bond donors (Lipinski definition) is 0. The Labute approximate surface area is 157 Å². The van der Waals surface area contributed by atoms with Gasteiger partial charge in [-0.05, 0) is 66.5 Å². The molecule has 2 aliphatic heterocycles. The lowest BCUT2D eigenvalue weighted by Crippen LogP contribution is -2.49. The van der Waals surface area contributed by atoms with Crippen LogP contribution in [0.25, 0.3) is 0 Å². The maximum absolute atomic E-state index is 6.50. The van der Waals surface area contributed by atoms with Gasteiger partial charge in [0.15, 0.2) is 0 Å². The van der Waals surface area contributed by atoms with Crippen molar-refractivity contribution in [2.75, 3.05) is 0 Å². The van der Waals surface area contributed by atoms with Gasteiger partial charge in [-0.15, -0.1) is 0 Å². The Kier molecular flexibility index (Phi) is 5.14. The minimum atomic E-state index is -1.84. The fourth-order valence-corrected chi connectivity index (χ4v) is 15.2. The van der Waals surface area contributed by atoms with Crippen LogP contribution < -0.4 is 0 Å². The van der Waals surface area contributed by atoms with E-state index in [1.807, 2.05) is 0 Å². The normalized spacial score (nSPS) is 26.2. The Bertz CT molecular complexity index is 552. The quantitative estimate of drug-likeness (QED) is 0.391. The molecule has 0 aromatic rings. The molecule has 5 heteroatoms. The molecule has 2 rings (SSSR count). The van der Waals surface area contributed by atoms with E-state index in [-0.39, 0.29) is 18.3 Å². The van der Waals surface area contributed by atoms with Crippen molar-refractivity contribution in [1.82, 2.24) is 0 Å². The summed E-state index contributed by atoms with van der Waals surface area (Å²) < 4.78 is 14.6. The topological polar surface area (TPSA) is 18.5 Å². The lowest BCUT2D eigenvalue weighted by molar-refractivity contribution is 0.00578. The van der Waals surface area contributed by atoms with Crippen LogP contribution in [0, 0.1) is 0 Å². The summed E-state index contributed by atoms with van der Waals surface area (Å²) in [5, 5.41) is 1.49. The molecule has 23 heavy (non-hydrogen) atoms. The highest BCUT2D eigenvalue weighted by Crippen LogP contribution is 2.56. The van der Waals surface area contributed by atoms with Crippen molar-refractivity contribution in [2.24, 2.45) is 0 Å². The second-order valence-corrected chi connectivity index (χ2v) is 15.9. The van der Waals surface area contributed by atoms with Crippen LogP contribution in [-0.2, 0) is 9.31 Å². The highest BCUT2D eigenvalue weighted by molar-refractivity contribution is 14.1. The first kappa shape index (κ1) is 19.7. The first-order chi connectivity index (χ1) is 10.3. The summed E-state index contributed by atoms with van der Waals surface area (Å²) in [6, 6.07) is 0. The predicted octanol–water partition coefficient (Wildman–Crippen LogP) is 6.00. The fourth-order valence-electron chi connectivity index (χ4n) is 4.23. The molecule has 2 heterocycles. The molecule has 0 bridgehead atoms. The molecule has 2 nitrogen and oxygen atoms in total. The first-order valence-electron chi connectivity index (χ1n) is 8.74. The molecule has 0 radical (unpaired) electrons. The second-order valence-electron chi connectivity index (χ2n) is 8.74. The van der Waals surface area contributed by atoms with Gasteiger partial charge in [0.05, 0.1) is 11.2 Å². The molecule has 0 N–H and O–H groups in total. The Balaban J connectivity index is 2.62. The molecule has 0 unspecified atom stereocenters. The van der Waals surface area contributed by atoms with Crippen LogP contribution in [0.5, 0.6) is 0 Å². The smallest absolute Gasteiger partial charge is 0.400 e. The van der Waals surface area contributed by atoms with Crippen LogP contribution in [0.3, 0.4) is 0 Å². The molecule has 0 aromatic heterocycles. The van der Waals surface area contributed by atoms with Crippen LogP contribution in [0.15, 0.2) is 19.4 Å². The van der Waals surface area contributed by atoms with Crippen molar-refractivity contribution in [3.8, 4) is 0 Å². The average Bonchev–Trinajstić information content (AvgIpc) is 2.72. The average molecular weight is 446 g/mol. The Morgan fingerprint density at radius 3 is 1.61 bits per heavy atom. The summed E-state index contributed by atoms with van der Waals surface area (Å²) in [6.07, 6.45) is 0. The summed E-state index contributed by atoms with van der Waals surface area (Å²) in [5.41, 5.74) is 3.60. The van der Waals surface area contributed by atoms with Crippen molar-refractivity contribution >= 4 is 37.8 Å². The van der Waals surface area contributed by atoms with E-state index in [1.165, 1.54) is 16.2 Å². The van der Waals surface area contributed by atoms with Gasteiger partial charge in [0.25, 0.3) is 0 Å². The Morgan fingerprint density at radius 1 is 0.870 bits per heavy atom. The van der Waals surface area contributed by atoms with Gasteiger partial charge < -0.3 is 9.31 Å². The number of hydrogen-bond acceptors (Lipinski definition) is 2.